The van der Waals surface area contributed by atoms with E-state index >= 15 is 0 Å². The van der Waals surface area contributed by atoms with Crippen molar-refractivity contribution >= 4 is 5.97 Å². The molecule has 0 bridgehead atoms. The maximum atomic E-state index is 10.9. The van der Waals surface area contributed by atoms with E-state index < -0.39 is 12.8 Å². The molecular weight excluding hydrogens is 148 g/mol. The van der Waals surface area contributed by atoms with Crippen molar-refractivity contribution in [3.63, 3.8) is 0 Å². The third-order valence-electron chi connectivity index (χ3n) is 1.22. The first-order valence-electron chi connectivity index (χ1n) is 3.00. The van der Waals surface area contributed by atoms with Gasteiger partial charge in [-0.1, -0.05) is 0 Å². The van der Waals surface area contributed by atoms with Crippen LogP contribution in [0.4, 0.5) is 0 Å². The summed E-state index contributed by atoms with van der Waals surface area (Å²) in [6.07, 6.45) is 2.85. The van der Waals surface area contributed by atoms with E-state index in [-0.39, 0.29) is 0 Å². The molecule has 0 aliphatic heterocycles. The lowest BCUT2D eigenvalue weighted by Gasteiger charge is -1.99. The number of hydrogen-bond donors (Lipinski definition) is 1. The number of aliphatic hydroxyl groups excluding tert-OH is 1. The van der Waals surface area contributed by atoms with Crippen molar-refractivity contribution in [1.29, 1.82) is 0 Å². The highest BCUT2D eigenvalue weighted by atomic mass is 16.6. The summed E-state index contributed by atoms with van der Waals surface area (Å²) in [6, 6.07) is 0. The Morgan fingerprint density at radius 1 is 1.91 bits per heavy atom. The molecule has 1 aromatic heterocycles. The van der Waals surface area contributed by atoms with Gasteiger partial charge in [0.2, 0.25) is 0 Å². The van der Waals surface area contributed by atoms with Crippen LogP contribution in [-0.2, 0) is 11.8 Å². The molecule has 0 saturated carbocycles. The predicted molar refractivity (Wildman–Crippen MR) is 35.7 cm³/mol. The van der Waals surface area contributed by atoms with E-state index in [4.69, 9.17) is 5.11 Å². The molecule has 60 valence electrons. The van der Waals surface area contributed by atoms with Gasteiger partial charge in [-0.05, 0) is 0 Å². The highest BCUT2D eigenvalue weighted by Crippen LogP contribution is 1.97. The van der Waals surface area contributed by atoms with Crippen LogP contribution in [0.15, 0.2) is 12.5 Å². The van der Waals surface area contributed by atoms with E-state index in [9.17, 15) is 4.79 Å². The first-order valence-corrected chi connectivity index (χ1v) is 3.00. The van der Waals surface area contributed by atoms with Crippen LogP contribution >= 0.6 is 0 Å². The average molecular weight is 156 g/mol. The minimum atomic E-state index is -0.607. The van der Waals surface area contributed by atoms with E-state index in [1.54, 1.807) is 7.05 Å². The Balaban J connectivity index is 2.76. The van der Waals surface area contributed by atoms with Gasteiger partial charge in [0.15, 0.2) is 6.79 Å². The minimum absolute atomic E-state index is 0.319. The summed E-state index contributed by atoms with van der Waals surface area (Å²) in [7, 11) is 1.67. The average Bonchev–Trinajstić information content (AvgIpc) is 2.36. The smallest absolute Gasteiger partial charge is 0.358 e. The lowest BCUT2D eigenvalue weighted by Crippen LogP contribution is -2.09. The number of rotatable bonds is 2. The third kappa shape index (κ3) is 1.56. The molecule has 0 amide bonds. The second-order valence-corrected chi connectivity index (χ2v) is 1.95. The number of esters is 1. The fourth-order valence-electron chi connectivity index (χ4n) is 0.686. The SMILES string of the molecule is Cn1cncc1C(=O)OCO. The van der Waals surface area contributed by atoms with Gasteiger partial charge in [0, 0.05) is 7.05 Å². The number of aromatic nitrogens is 2. The zero-order valence-corrected chi connectivity index (χ0v) is 6.02. The van der Waals surface area contributed by atoms with Crippen LogP contribution in [0.25, 0.3) is 0 Å². The lowest BCUT2D eigenvalue weighted by atomic mass is 10.5. The number of carbonyl (C=O) groups excluding carboxylic acids is 1. The second-order valence-electron chi connectivity index (χ2n) is 1.95. The summed E-state index contributed by atoms with van der Waals surface area (Å²) >= 11 is 0. The van der Waals surface area contributed by atoms with Gasteiger partial charge in [-0.25, -0.2) is 9.78 Å². The number of aliphatic hydroxyl groups is 1. The molecule has 0 aliphatic carbocycles. The van der Waals surface area contributed by atoms with Crippen LogP contribution in [-0.4, -0.2) is 27.4 Å². The summed E-state index contributed by atoms with van der Waals surface area (Å²) in [5, 5.41) is 8.25. The molecular formula is C6H8N2O3. The molecule has 1 heterocycles. The quantitative estimate of drug-likeness (QED) is 0.464. The lowest BCUT2D eigenvalue weighted by molar-refractivity contribution is 0.00589. The van der Waals surface area contributed by atoms with Crippen molar-refractivity contribution in [2.45, 2.75) is 0 Å². The molecule has 0 unspecified atom stereocenters. The highest BCUT2D eigenvalue weighted by molar-refractivity contribution is 5.87. The molecule has 0 fully saturated rings. The molecule has 11 heavy (non-hydrogen) atoms. The van der Waals surface area contributed by atoms with Crippen molar-refractivity contribution < 1.29 is 14.6 Å². The summed E-state index contributed by atoms with van der Waals surface area (Å²) in [6.45, 7) is -0.607. The summed E-state index contributed by atoms with van der Waals surface area (Å²) in [4.78, 5) is 14.6. The summed E-state index contributed by atoms with van der Waals surface area (Å²) in [5.74, 6) is -0.576. The highest BCUT2D eigenvalue weighted by Gasteiger charge is 2.09. The Hall–Kier alpha value is -1.36. The molecule has 0 aromatic carbocycles. The van der Waals surface area contributed by atoms with E-state index in [1.807, 2.05) is 0 Å². The zero-order valence-electron chi connectivity index (χ0n) is 6.02. The Kier molecular flexibility index (Phi) is 2.22. The number of hydrogen-bond acceptors (Lipinski definition) is 4. The van der Waals surface area contributed by atoms with Gasteiger partial charge in [-0.2, -0.15) is 0 Å². The van der Waals surface area contributed by atoms with Crippen molar-refractivity contribution in [3.05, 3.63) is 18.2 Å². The number of ether oxygens (including phenoxy) is 1. The van der Waals surface area contributed by atoms with Crippen LogP contribution in [0.2, 0.25) is 0 Å². The molecule has 0 saturated heterocycles. The maximum Gasteiger partial charge on any atom is 0.358 e. The monoisotopic (exact) mass is 156 g/mol. The van der Waals surface area contributed by atoms with Crippen molar-refractivity contribution in [3.8, 4) is 0 Å². The van der Waals surface area contributed by atoms with Gasteiger partial charge >= 0.3 is 5.97 Å². The van der Waals surface area contributed by atoms with Crippen molar-refractivity contribution in [2.24, 2.45) is 7.05 Å². The van der Waals surface area contributed by atoms with Gasteiger partial charge in [-0.15, -0.1) is 0 Å². The molecule has 1 aromatic rings. The maximum absolute atomic E-state index is 10.9. The van der Waals surface area contributed by atoms with E-state index in [0.717, 1.165) is 0 Å². The molecule has 0 spiro atoms. The molecule has 0 radical (unpaired) electrons. The summed E-state index contributed by atoms with van der Waals surface area (Å²) < 4.78 is 5.83. The van der Waals surface area contributed by atoms with Gasteiger partial charge in [0.25, 0.3) is 0 Å². The van der Waals surface area contributed by atoms with E-state index in [1.165, 1.54) is 17.1 Å². The number of carbonyl (C=O) groups is 1. The molecule has 5 heteroatoms. The van der Waals surface area contributed by atoms with Crippen LogP contribution in [0.1, 0.15) is 10.5 Å². The first kappa shape index (κ1) is 7.74. The fraction of sp³-hybridized carbons (Fsp3) is 0.333. The zero-order chi connectivity index (χ0) is 8.27. The first-order chi connectivity index (χ1) is 5.25. The molecule has 1 rings (SSSR count). The Labute approximate surface area is 63.2 Å². The Bertz CT molecular complexity index is 256. The van der Waals surface area contributed by atoms with Gasteiger partial charge in [-0.3, -0.25) is 0 Å². The van der Waals surface area contributed by atoms with Crippen molar-refractivity contribution in [2.75, 3.05) is 6.79 Å². The van der Waals surface area contributed by atoms with Gasteiger partial charge in [0.05, 0.1) is 12.5 Å². The molecule has 5 nitrogen and oxygen atoms in total. The third-order valence-corrected chi connectivity index (χ3v) is 1.22. The number of imidazole rings is 1. The predicted octanol–water partition coefficient (Wildman–Crippen LogP) is -0.473. The fourth-order valence-corrected chi connectivity index (χ4v) is 0.686. The molecule has 0 aliphatic rings. The Morgan fingerprint density at radius 3 is 3.09 bits per heavy atom. The van der Waals surface area contributed by atoms with Crippen molar-refractivity contribution in [1.82, 2.24) is 9.55 Å². The van der Waals surface area contributed by atoms with Crippen LogP contribution < -0.4 is 0 Å². The largest absolute Gasteiger partial charge is 0.434 e. The van der Waals surface area contributed by atoms with E-state index in [2.05, 4.69) is 9.72 Å². The normalized spacial score (nSPS) is 9.64. The minimum Gasteiger partial charge on any atom is -0.434 e. The van der Waals surface area contributed by atoms with Gasteiger partial charge in [0.1, 0.15) is 5.69 Å². The Morgan fingerprint density at radius 2 is 2.64 bits per heavy atom. The van der Waals surface area contributed by atoms with E-state index in [0.29, 0.717) is 5.69 Å². The van der Waals surface area contributed by atoms with Crippen LogP contribution in [0.5, 0.6) is 0 Å². The van der Waals surface area contributed by atoms with Crippen LogP contribution in [0.3, 0.4) is 0 Å². The molecule has 1 N–H and O–H groups in total. The van der Waals surface area contributed by atoms with Gasteiger partial charge < -0.3 is 14.4 Å². The van der Waals surface area contributed by atoms with Crippen LogP contribution in [0, 0.1) is 0 Å². The number of aryl methyl sites for hydroxylation is 1. The standard InChI is InChI=1S/C6H8N2O3/c1-8-3-7-2-5(8)6(10)11-4-9/h2-3,9H,4H2,1H3. The molecule has 0 atom stereocenters. The number of nitrogens with zero attached hydrogens (tertiary/aromatic N) is 2. The summed E-state index contributed by atoms with van der Waals surface area (Å²) in [5.41, 5.74) is 0.319. The topological polar surface area (TPSA) is 64.4 Å². The second kappa shape index (κ2) is 3.16.